The zero-order valence-corrected chi connectivity index (χ0v) is 21.2. The fourth-order valence-electron chi connectivity index (χ4n) is 4.49. The Morgan fingerprint density at radius 1 is 0.946 bits per heavy atom. The van der Waals surface area contributed by atoms with Crippen LogP contribution in [0.15, 0.2) is 60.7 Å². The zero-order chi connectivity index (χ0) is 26.8. The summed E-state index contributed by atoms with van der Waals surface area (Å²) < 4.78 is 44.3. The number of halogens is 2. The molecule has 1 N–H and O–H groups in total. The molecule has 0 saturated carbocycles. The highest BCUT2D eigenvalue weighted by atomic mass is 19.1. The quantitative estimate of drug-likeness (QED) is 0.406. The van der Waals surface area contributed by atoms with Gasteiger partial charge in [-0.05, 0) is 80.6 Å². The topological polar surface area (TPSA) is 73.9 Å². The number of benzene rings is 3. The number of aryl methyl sites for hydroxylation is 1. The van der Waals surface area contributed by atoms with Gasteiger partial charge in [0, 0.05) is 18.1 Å². The number of para-hydroxylation sites is 1. The van der Waals surface area contributed by atoms with Crippen molar-refractivity contribution in [2.45, 2.75) is 51.2 Å². The predicted octanol–water partition coefficient (Wildman–Crippen LogP) is 6.35. The number of rotatable bonds is 5. The van der Waals surface area contributed by atoms with E-state index in [9.17, 15) is 18.4 Å². The van der Waals surface area contributed by atoms with Gasteiger partial charge < -0.3 is 19.5 Å². The minimum Gasteiger partial charge on any atom is -0.467 e. The summed E-state index contributed by atoms with van der Waals surface area (Å²) in [6.45, 7) is 5.23. The normalized spacial score (nSPS) is 16.9. The molecule has 0 aliphatic heterocycles. The van der Waals surface area contributed by atoms with E-state index in [1.807, 2.05) is 6.07 Å². The van der Waals surface area contributed by atoms with E-state index in [-0.39, 0.29) is 6.42 Å². The van der Waals surface area contributed by atoms with E-state index in [2.05, 4.69) is 5.32 Å². The minimum absolute atomic E-state index is 0.183. The molecule has 1 aliphatic rings. The van der Waals surface area contributed by atoms with Crippen molar-refractivity contribution in [3.63, 3.8) is 0 Å². The van der Waals surface area contributed by atoms with Gasteiger partial charge in [-0.25, -0.2) is 18.4 Å². The van der Waals surface area contributed by atoms with Crippen molar-refractivity contribution >= 4 is 12.1 Å². The highest BCUT2D eigenvalue weighted by Crippen LogP contribution is 2.37. The van der Waals surface area contributed by atoms with E-state index in [0.29, 0.717) is 35.5 Å². The van der Waals surface area contributed by atoms with Crippen molar-refractivity contribution in [3.05, 3.63) is 83.4 Å². The maximum absolute atomic E-state index is 13.9. The van der Waals surface area contributed by atoms with Crippen molar-refractivity contribution in [2.24, 2.45) is 0 Å². The maximum Gasteiger partial charge on any atom is 0.408 e. The molecule has 37 heavy (non-hydrogen) atoms. The summed E-state index contributed by atoms with van der Waals surface area (Å²) in [5.41, 5.74) is 0.663. The average molecular weight is 510 g/mol. The largest absolute Gasteiger partial charge is 0.467 e. The Kier molecular flexibility index (Phi) is 7.21. The average Bonchev–Trinajstić information content (AvgIpc) is 2.81. The molecule has 1 amide bonds. The number of fused-ring (bicyclic) bond motifs is 1. The van der Waals surface area contributed by atoms with Crippen molar-refractivity contribution in [1.29, 1.82) is 0 Å². The number of nitrogens with one attached hydrogen (secondary N) is 1. The maximum atomic E-state index is 13.9. The van der Waals surface area contributed by atoms with Crippen molar-refractivity contribution < 1.29 is 32.6 Å². The number of ether oxygens (including phenoxy) is 3. The number of carbonyl (C=O) groups excluding carboxylic acids is 2. The van der Waals surface area contributed by atoms with E-state index in [1.54, 1.807) is 57.2 Å². The first kappa shape index (κ1) is 26.1. The number of amides is 1. The smallest absolute Gasteiger partial charge is 0.408 e. The van der Waals surface area contributed by atoms with Crippen LogP contribution in [0.5, 0.6) is 11.5 Å². The molecule has 0 heterocycles. The first-order valence-corrected chi connectivity index (χ1v) is 11.9. The SMILES string of the molecule is COC(=O)C1(NC(=O)OC(C)(C)C)CCc2ccc(Oc3ccccc3-c3cc(F)cc(F)c3)cc2C1. The predicted molar refractivity (Wildman–Crippen MR) is 134 cm³/mol. The fourth-order valence-corrected chi connectivity index (χ4v) is 4.49. The highest BCUT2D eigenvalue weighted by Gasteiger charge is 2.45. The Bertz CT molecular complexity index is 1310. The molecule has 0 saturated heterocycles. The van der Waals surface area contributed by atoms with Gasteiger partial charge in [0.05, 0.1) is 7.11 Å². The number of alkyl carbamates (subject to hydrolysis) is 1. The Labute approximate surface area is 214 Å². The molecule has 0 aromatic heterocycles. The van der Waals surface area contributed by atoms with Crippen LogP contribution in [-0.4, -0.2) is 30.3 Å². The van der Waals surface area contributed by atoms with Crippen LogP contribution < -0.4 is 10.1 Å². The molecular weight excluding hydrogens is 480 g/mol. The molecule has 0 bridgehead atoms. The Morgan fingerprint density at radius 2 is 1.65 bits per heavy atom. The third kappa shape index (κ3) is 6.07. The number of esters is 1. The van der Waals surface area contributed by atoms with Gasteiger partial charge in [-0.3, -0.25) is 0 Å². The number of hydrogen-bond donors (Lipinski definition) is 1. The second-order valence-corrected chi connectivity index (χ2v) is 10.1. The number of methoxy groups -OCH3 is 1. The number of carbonyl (C=O) groups is 2. The van der Waals surface area contributed by atoms with E-state index in [0.717, 1.165) is 17.2 Å². The summed E-state index contributed by atoms with van der Waals surface area (Å²) in [6, 6.07) is 15.7. The molecule has 0 spiro atoms. The van der Waals surface area contributed by atoms with Gasteiger partial charge in [-0.2, -0.15) is 0 Å². The molecule has 194 valence electrons. The van der Waals surface area contributed by atoms with Crippen molar-refractivity contribution in [1.82, 2.24) is 5.32 Å². The van der Waals surface area contributed by atoms with Crippen LogP contribution in [0.1, 0.15) is 38.3 Å². The lowest BCUT2D eigenvalue weighted by Crippen LogP contribution is -2.59. The summed E-state index contributed by atoms with van der Waals surface area (Å²) in [4.78, 5) is 25.4. The van der Waals surface area contributed by atoms with E-state index < -0.39 is 34.8 Å². The third-order valence-corrected chi connectivity index (χ3v) is 6.10. The third-order valence-electron chi connectivity index (χ3n) is 6.10. The molecular formula is C29H29F2NO5. The van der Waals surface area contributed by atoms with Gasteiger partial charge in [0.25, 0.3) is 0 Å². The second-order valence-electron chi connectivity index (χ2n) is 10.1. The van der Waals surface area contributed by atoms with E-state index in [1.165, 1.54) is 19.2 Å². The van der Waals surface area contributed by atoms with E-state index in [4.69, 9.17) is 14.2 Å². The lowest BCUT2D eigenvalue weighted by atomic mass is 9.78. The highest BCUT2D eigenvalue weighted by molar-refractivity contribution is 5.86. The van der Waals surface area contributed by atoms with Crippen LogP contribution in [0.3, 0.4) is 0 Å². The Hall–Kier alpha value is -3.94. The van der Waals surface area contributed by atoms with Gasteiger partial charge in [-0.15, -0.1) is 0 Å². The van der Waals surface area contributed by atoms with Crippen LogP contribution in [-0.2, 0) is 27.1 Å². The fraction of sp³-hybridized carbons (Fsp3) is 0.310. The van der Waals surface area contributed by atoms with Crippen molar-refractivity contribution in [2.75, 3.05) is 7.11 Å². The van der Waals surface area contributed by atoms with Gasteiger partial charge >= 0.3 is 12.1 Å². The van der Waals surface area contributed by atoms with Gasteiger partial charge in [0.2, 0.25) is 0 Å². The molecule has 1 aliphatic carbocycles. The summed E-state index contributed by atoms with van der Waals surface area (Å²) in [6.07, 6.45) is 0.354. The standard InChI is InChI=1S/C29H29F2NO5/c1-28(2,3)37-27(34)32-29(26(33)35-4)12-11-18-9-10-23(15-20(18)17-29)36-25-8-6-5-7-24(25)19-13-21(30)16-22(31)14-19/h5-10,13-16H,11-12,17H2,1-4H3,(H,32,34). The number of hydrogen-bond acceptors (Lipinski definition) is 5. The molecule has 1 unspecified atom stereocenters. The first-order valence-electron chi connectivity index (χ1n) is 11.9. The van der Waals surface area contributed by atoms with E-state index >= 15 is 0 Å². The van der Waals surface area contributed by atoms with Crippen LogP contribution in [0.2, 0.25) is 0 Å². The Morgan fingerprint density at radius 3 is 2.32 bits per heavy atom. The van der Waals surface area contributed by atoms with Crippen molar-refractivity contribution in [3.8, 4) is 22.6 Å². The molecule has 0 fully saturated rings. The lowest BCUT2D eigenvalue weighted by molar-refractivity contribution is -0.149. The minimum atomic E-state index is -1.29. The molecule has 3 aromatic carbocycles. The summed E-state index contributed by atoms with van der Waals surface area (Å²) in [5.74, 6) is -1.05. The van der Waals surface area contributed by atoms with Gasteiger partial charge in [-0.1, -0.05) is 24.3 Å². The van der Waals surface area contributed by atoms with Crippen LogP contribution in [0.4, 0.5) is 13.6 Å². The van der Waals surface area contributed by atoms with Crippen LogP contribution >= 0.6 is 0 Å². The summed E-state index contributed by atoms with van der Waals surface area (Å²) in [5, 5.41) is 2.74. The van der Waals surface area contributed by atoms with Gasteiger partial charge in [0.1, 0.15) is 34.3 Å². The monoisotopic (exact) mass is 509 g/mol. The van der Waals surface area contributed by atoms with Crippen LogP contribution in [0, 0.1) is 11.6 Å². The zero-order valence-electron chi connectivity index (χ0n) is 21.2. The molecule has 3 aromatic rings. The van der Waals surface area contributed by atoms with Gasteiger partial charge in [0.15, 0.2) is 0 Å². The molecule has 6 nitrogen and oxygen atoms in total. The summed E-state index contributed by atoms with van der Waals surface area (Å²) in [7, 11) is 1.28. The molecule has 4 rings (SSSR count). The second kappa shape index (κ2) is 10.2. The lowest BCUT2D eigenvalue weighted by Gasteiger charge is -2.36. The Balaban J connectivity index is 1.63. The first-order chi connectivity index (χ1) is 17.5. The molecule has 0 radical (unpaired) electrons. The summed E-state index contributed by atoms with van der Waals surface area (Å²) >= 11 is 0. The molecule has 1 atom stereocenters. The van der Waals surface area contributed by atoms with Crippen LogP contribution in [0.25, 0.3) is 11.1 Å². The molecule has 8 heteroatoms.